The van der Waals surface area contributed by atoms with Crippen molar-refractivity contribution >= 4 is 6.01 Å². The number of nitrogens with two attached hydrogens (primary N) is 1. The van der Waals surface area contributed by atoms with Gasteiger partial charge in [-0.25, -0.2) is 0 Å². The van der Waals surface area contributed by atoms with Crippen molar-refractivity contribution in [2.45, 2.75) is 39.5 Å². The average molecular weight is 183 g/mol. The van der Waals surface area contributed by atoms with Crippen molar-refractivity contribution in [1.29, 1.82) is 0 Å². The molecule has 1 aromatic heterocycles. The maximum Gasteiger partial charge on any atom is 0.312 e. The largest absolute Gasteiger partial charge is 0.408 e. The highest BCUT2D eigenvalue weighted by molar-refractivity contribution is 5.04. The number of unbranched alkanes of at least 4 members (excludes halogenated alkanes) is 1. The van der Waals surface area contributed by atoms with E-state index >= 15 is 0 Å². The summed E-state index contributed by atoms with van der Waals surface area (Å²) in [6.45, 7) is 4.38. The minimum Gasteiger partial charge on any atom is -0.408 e. The van der Waals surface area contributed by atoms with E-state index in [9.17, 15) is 0 Å². The van der Waals surface area contributed by atoms with E-state index in [1.165, 1.54) is 19.3 Å². The summed E-state index contributed by atoms with van der Waals surface area (Å²) in [7, 11) is 0. The summed E-state index contributed by atoms with van der Waals surface area (Å²) < 4.78 is 5.09. The van der Waals surface area contributed by atoms with Crippen molar-refractivity contribution in [1.82, 2.24) is 10.2 Å². The second-order valence-electron chi connectivity index (χ2n) is 3.49. The molecule has 74 valence electrons. The molecule has 0 saturated carbocycles. The molecule has 1 rings (SSSR count). The molecule has 0 fully saturated rings. The molecule has 0 aliphatic heterocycles. The van der Waals surface area contributed by atoms with Crippen LogP contribution in [0.2, 0.25) is 0 Å². The molecule has 0 amide bonds. The molecule has 4 heteroatoms. The molecule has 1 aromatic rings. The fourth-order valence-corrected chi connectivity index (χ4v) is 1.30. The first kappa shape index (κ1) is 10.0. The summed E-state index contributed by atoms with van der Waals surface area (Å²) in [4.78, 5) is 0. The first-order valence-electron chi connectivity index (χ1n) is 4.80. The minimum absolute atomic E-state index is 0.165. The fraction of sp³-hybridized carbons (Fsp3) is 0.778. The third kappa shape index (κ3) is 3.44. The van der Waals surface area contributed by atoms with Crippen LogP contribution in [-0.2, 0) is 6.42 Å². The number of anilines is 1. The van der Waals surface area contributed by atoms with Crippen molar-refractivity contribution in [3.63, 3.8) is 0 Å². The molecule has 0 aliphatic rings. The van der Waals surface area contributed by atoms with Crippen molar-refractivity contribution < 1.29 is 4.42 Å². The lowest BCUT2D eigenvalue weighted by molar-refractivity contribution is 0.427. The van der Waals surface area contributed by atoms with Crippen LogP contribution < -0.4 is 5.73 Å². The van der Waals surface area contributed by atoms with Crippen molar-refractivity contribution in [3.05, 3.63) is 5.89 Å². The number of rotatable bonds is 5. The predicted octanol–water partition coefficient (Wildman–Crippen LogP) is 2.02. The van der Waals surface area contributed by atoms with Crippen LogP contribution in [0.5, 0.6) is 0 Å². The maximum absolute atomic E-state index is 5.31. The van der Waals surface area contributed by atoms with Crippen LogP contribution in [0.15, 0.2) is 4.42 Å². The Bertz CT molecular complexity index is 247. The number of nitrogens with zero attached hydrogens (tertiary/aromatic N) is 2. The third-order valence-electron chi connectivity index (χ3n) is 2.06. The predicted molar refractivity (Wildman–Crippen MR) is 51.1 cm³/mol. The molecular formula is C9H17N3O. The van der Waals surface area contributed by atoms with E-state index < -0.39 is 0 Å². The van der Waals surface area contributed by atoms with Crippen LogP contribution >= 0.6 is 0 Å². The Labute approximate surface area is 78.5 Å². The van der Waals surface area contributed by atoms with Crippen LogP contribution in [-0.4, -0.2) is 10.2 Å². The van der Waals surface area contributed by atoms with Gasteiger partial charge in [-0.15, -0.1) is 5.10 Å². The molecule has 0 bridgehead atoms. The van der Waals surface area contributed by atoms with E-state index in [2.05, 4.69) is 24.0 Å². The lowest BCUT2D eigenvalue weighted by Gasteiger charge is -2.06. The van der Waals surface area contributed by atoms with Crippen LogP contribution in [0.1, 0.15) is 39.0 Å². The lowest BCUT2D eigenvalue weighted by atomic mass is 10.0. The Kier molecular flexibility index (Phi) is 3.73. The Morgan fingerprint density at radius 3 is 2.77 bits per heavy atom. The van der Waals surface area contributed by atoms with Gasteiger partial charge in [0.25, 0.3) is 0 Å². The van der Waals surface area contributed by atoms with Crippen LogP contribution in [0.3, 0.4) is 0 Å². The van der Waals surface area contributed by atoms with Gasteiger partial charge in [0.15, 0.2) is 0 Å². The molecule has 1 unspecified atom stereocenters. The molecule has 1 atom stereocenters. The molecule has 0 aliphatic carbocycles. The van der Waals surface area contributed by atoms with Gasteiger partial charge in [-0.2, -0.15) is 0 Å². The highest BCUT2D eigenvalue weighted by Crippen LogP contribution is 2.13. The maximum atomic E-state index is 5.31. The summed E-state index contributed by atoms with van der Waals surface area (Å²) >= 11 is 0. The van der Waals surface area contributed by atoms with Gasteiger partial charge in [0.2, 0.25) is 5.89 Å². The number of aromatic nitrogens is 2. The topological polar surface area (TPSA) is 64.9 Å². The first-order valence-corrected chi connectivity index (χ1v) is 4.80. The molecule has 2 N–H and O–H groups in total. The summed E-state index contributed by atoms with van der Waals surface area (Å²) in [5, 5.41) is 7.43. The van der Waals surface area contributed by atoms with Gasteiger partial charge >= 0.3 is 6.01 Å². The van der Waals surface area contributed by atoms with E-state index in [1.54, 1.807) is 0 Å². The lowest BCUT2D eigenvalue weighted by Crippen LogP contribution is -1.99. The molecule has 4 nitrogen and oxygen atoms in total. The minimum atomic E-state index is 0.165. The molecule has 1 heterocycles. The first-order chi connectivity index (χ1) is 6.22. The second-order valence-corrected chi connectivity index (χ2v) is 3.49. The monoisotopic (exact) mass is 183 g/mol. The van der Waals surface area contributed by atoms with Gasteiger partial charge in [0.05, 0.1) is 0 Å². The van der Waals surface area contributed by atoms with E-state index in [0.717, 1.165) is 6.42 Å². The quantitative estimate of drug-likeness (QED) is 0.758. The zero-order valence-corrected chi connectivity index (χ0v) is 8.29. The zero-order valence-electron chi connectivity index (χ0n) is 8.29. The van der Waals surface area contributed by atoms with Gasteiger partial charge in [0, 0.05) is 6.42 Å². The van der Waals surface area contributed by atoms with Gasteiger partial charge in [-0.3, -0.25) is 0 Å². The summed E-state index contributed by atoms with van der Waals surface area (Å²) in [5.41, 5.74) is 5.31. The number of nitrogen functional groups attached to an aromatic ring is 1. The molecule has 0 spiro atoms. The third-order valence-corrected chi connectivity index (χ3v) is 2.06. The standard InChI is InChI=1S/C9H17N3O/c1-3-4-5-7(2)6-8-11-12-9(10)13-8/h7H,3-6H2,1-2H3,(H2,10,12). The van der Waals surface area contributed by atoms with Crippen LogP contribution in [0.4, 0.5) is 6.01 Å². The van der Waals surface area contributed by atoms with E-state index in [1.807, 2.05) is 0 Å². The molecule has 0 radical (unpaired) electrons. The summed E-state index contributed by atoms with van der Waals surface area (Å²) in [5.74, 6) is 1.25. The Balaban J connectivity index is 2.31. The van der Waals surface area contributed by atoms with E-state index in [-0.39, 0.29) is 6.01 Å². The number of hydrogen-bond acceptors (Lipinski definition) is 4. The Morgan fingerprint density at radius 1 is 1.46 bits per heavy atom. The molecule has 13 heavy (non-hydrogen) atoms. The second kappa shape index (κ2) is 4.84. The zero-order chi connectivity index (χ0) is 9.68. The molecular weight excluding hydrogens is 166 g/mol. The van der Waals surface area contributed by atoms with Gasteiger partial charge in [-0.05, 0) is 5.92 Å². The smallest absolute Gasteiger partial charge is 0.312 e. The van der Waals surface area contributed by atoms with Crippen LogP contribution in [0.25, 0.3) is 0 Å². The van der Waals surface area contributed by atoms with Gasteiger partial charge in [0.1, 0.15) is 0 Å². The van der Waals surface area contributed by atoms with E-state index in [4.69, 9.17) is 10.2 Å². The summed E-state index contributed by atoms with van der Waals surface area (Å²) in [6, 6.07) is 0.165. The van der Waals surface area contributed by atoms with Gasteiger partial charge < -0.3 is 10.2 Å². The number of hydrogen-bond donors (Lipinski definition) is 1. The van der Waals surface area contributed by atoms with Gasteiger partial charge in [-0.1, -0.05) is 38.2 Å². The molecule has 0 aromatic carbocycles. The molecule has 0 saturated heterocycles. The van der Waals surface area contributed by atoms with Crippen molar-refractivity contribution in [2.24, 2.45) is 5.92 Å². The SMILES string of the molecule is CCCCC(C)Cc1nnc(N)o1. The van der Waals surface area contributed by atoms with Crippen molar-refractivity contribution in [2.75, 3.05) is 5.73 Å². The Hall–Kier alpha value is -1.06. The fourth-order valence-electron chi connectivity index (χ4n) is 1.30. The average Bonchev–Trinajstić information content (AvgIpc) is 2.48. The highest BCUT2D eigenvalue weighted by atomic mass is 16.4. The highest BCUT2D eigenvalue weighted by Gasteiger charge is 2.08. The summed E-state index contributed by atoms with van der Waals surface area (Å²) in [6.07, 6.45) is 4.53. The Morgan fingerprint density at radius 2 is 2.23 bits per heavy atom. The van der Waals surface area contributed by atoms with Crippen molar-refractivity contribution in [3.8, 4) is 0 Å². The van der Waals surface area contributed by atoms with E-state index in [0.29, 0.717) is 11.8 Å². The van der Waals surface area contributed by atoms with Crippen LogP contribution in [0, 0.1) is 5.92 Å². The normalized spacial score (nSPS) is 13.1.